The molecule has 0 bridgehead atoms. The predicted octanol–water partition coefficient (Wildman–Crippen LogP) is 3.52. The van der Waals surface area contributed by atoms with Gasteiger partial charge in [0.05, 0.1) is 0 Å². The van der Waals surface area contributed by atoms with Gasteiger partial charge in [0, 0.05) is 44.4 Å². The van der Waals surface area contributed by atoms with Gasteiger partial charge in [-0.2, -0.15) is 0 Å². The lowest BCUT2D eigenvalue weighted by atomic mass is 10.1. The number of oxazole rings is 1. The zero-order valence-electron chi connectivity index (χ0n) is 14.8. The molecule has 4 rings (SSSR count). The predicted molar refractivity (Wildman–Crippen MR) is 97.7 cm³/mol. The Morgan fingerprint density at radius 2 is 2.16 bits per heavy atom. The van der Waals surface area contributed by atoms with Crippen molar-refractivity contribution < 1.29 is 9.21 Å². The maximum Gasteiger partial charge on any atom is 0.319 e. The number of nitrogens with one attached hydrogen (secondary N) is 2. The highest BCUT2D eigenvalue weighted by atomic mass is 16.3. The van der Waals surface area contributed by atoms with Gasteiger partial charge in [0.25, 0.3) is 0 Å². The van der Waals surface area contributed by atoms with Crippen molar-refractivity contribution >= 4 is 22.8 Å². The number of urea groups is 1. The summed E-state index contributed by atoms with van der Waals surface area (Å²) in [6, 6.07) is 5.61. The zero-order valence-corrected chi connectivity index (χ0v) is 14.8. The smallest absolute Gasteiger partial charge is 0.319 e. The second-order valence-corrected chi connectivity index (χ2v) is 7.41. The first-order valence-corrected chi connectivity index (χ1v) is 9.33. The Morgan fingerprint density at radius 3 is 3.00 bits per heavy atom. The first kappa shape index (κ1) is 16.4. The number of nitrogens with zero attached hydrogens (tertiary/aromatic N) is 2. The van der Waals surface area contributed by atoms with Crippen molar-refractivity contribution in [3.63, 3.8) is 0 Å². The Balaban J connectivity index is 1.28. The van der Waals surface area contributed by atoms with Crippen molar-refractivity contribution in [2.75, 3.05) is 25.0 Å². The minimum atomic E-state index is -0.150. The third-order valence-electron chi connectivity index (χ3n) is 5.35. The molecule has 6 nitrogen and oxygen atoms in total. The number of likely N-dealkylation sites (tertiary alicyclic amines) is 1. The minimum absolute atomic E-state index is 0.150. The number of carbonyl (C=O) groups is 1. The van der Waals surface area contributed by atoms with E-state index in [4.69, 9.17) is 4.42 Å². The van der Waals surface area contributed by atoms with Crippen molar-refractivity contribution in [3.05, 3.63) is 24.1 Å². The second kappa shape index (κ2) is 7.04. The van der Waals surface area contributed by atoms with Crippen molar-refractivity contribution in [3.8, 4) is 0 Å². The molecule has 1 aromatic heterocycles. The average molecular weight is 342 g/mol. The van der Waals surface area contributed by atoms with Crippen LogP contribution in [0.5, 0.6) is 0 Å². The molecule has 0 unspecified atom stereocenters. The topological polar surface area (TPSA) is 70.4 Å². The lowest BCUT2D eigenvalue weighted by Gasteiger charge is -2.20. The Hall–Kier alpha value is -2.08. The molecule has 0 spiro atoms. The summed E-state index contributed by atoms with van der Waals surface area (Å²) in [7, 11) is 0. The van der Waals surface area contributed by atoms with Gasteiger partial charge in [0.2, 0.25) is 0 Å². The van der Waals surface area contributed by atoms with E-state index in [9.17, 15) is 4.79 Å². The Labute approximate surface area is 148 Å². The fourth-order valence-electron chi connectivity index (χ4n) is 4.14. The number of fused-ring (bicyclic) bond motifs is 1. The molecule has 134 valence electrons. The summed E-state index contributed by atoms with van der Waals surface area (Å²) < 4.78 is 5.51. The molecular formula is C19H26N4O2. The van der Waals surface area contributed by atoms with E-state index in [1.807, 2.05) is 25.1 Å². The van der Waals surface area contributed by atoms with E-state index in [-0.39, 0.29) is 12.1 Å². The Bertz CT molecular complexity index is 751. The van der Waals surface area contributed by atoms with Crippen molar-refractivity contribution in [1.82, 2.24) is 15.2 Å². The first-order chi connectivity index (χ1) is 12.2. The normalized spacial score (nSPS) is 21.9. The van der Waals surface area contributed by atoms with Crippen LogP contribution < -0.4 is 10.6 Å². The average Bonchev–Trinajstić information content (AvgIpc) is 3.28. The summed E-state index contributed by atoms with van der Waals surface area (Å²) in [5.74, 6) is 1.49. The van der Waals surface area contributed by atoms with Gasteiger partial charge >= 0.3 is 6.03 Å². The van der Waals surface area contributed by atoms with Crippen LogP contribution in [-0.4, -0.2) is 41.6 Å². The van der Waals surface area contributed by atoms with E-state index in [1.165, 1.54) is 32.2 Å². The SMILES string of the molecule is Cc1nc2ccc(NC(=O)N[C@H]3CCN(CC4CCCC4)C3)cc2o1. The molecule has 2 N–H and O–H groups in total. The summed E-state index contributed by atoms with van der Waals surface area (Å²) in [4.78, 5) is 19.0. The number of aryl methyl sites for hydroxylation is 1. The van der Waals surface area contributed by atoms with Crippen LogP contribution in [0.25, 0.3) is 11.1 Å². The fraction of sp³-hybridized carbons (Fsp3) is 0.579. The summed E-state index contributed by atoms with van der Waals surface area (Å²) in [5.41, 5.74) is 2.22. The molecule has 1 saturated carbocycles. The molecule has 1 atom stereocenters. The molecule has 25 heavy (non-hydrogen) atoms. The fourth-order valence-corrected chi connectivity index (χ4v) is 4.14. The highest BCUT2D eigenvalue weighted by molar-refractivity contribution is 5.91. The van der Waals surface area contributed by atoms with Crippen LogP contribution in [0.15, 0.2) is 22.6 Å². The molecule has 6 heteroatoms. The van der Waals surface area contributed by atoms with Crippen molar-refractivity contribution in [2.24, 2.45) is 5.92 Å². The molecule has 1 aliphatic heterocycles. The van der Waals surface area contributed by atoms with E-state index in [0.29, 0.717) is 11.5 Å². The molecule has 1 saturated heterocycles. The quantitative estimate of drug-likeness (QED) is 0.892. The summed E-state index contributed by atoms with van der Waals surface area (Å²) in [6.07, 6.45) is 6.55. The van der Waals surface area contributed by atoms with Crippen LogP contribution in [-0.2, 0) is 0 Å². The molecule has 2 aromatic rings. The van der Waals surface area contributed by atoms with Crippen LogP contribution >= 0.6 is 0 Å². The van der Waals surface area contributed by atoms with Crippen LogP contribution in [0.3, 0.4) is 0 Å². The van der Waals surface area contributed by atoms with E-state index >= 15 is 0 Å². The number of carbonyl (C=O) groups excluding carboxylic acids is 1. The number of aromatic nitrogens is 1. The minimum Gasteiger partial charge on any atom is -0.441 e. The van der Waals surface area contributed by atoms with E-state index in [2.05, 4.69) is 20.5 Å². The number of benzene rings is 1. The Morgan fingerprint density at radius 1 is 1.32 bits per heavy atom. The summed E-state index contributed by atoms with van der Waals surface area (Å²) >= 11 is 0. The van der Waals surface area contributed by atoms with Crippen LogP contribution in [0, 0.1) is 12.8 Å². The number of hydrogen-bond acceptors (Lipinski definition) is 4. The summed E-state index contributed by atoms with van der Waals surface area (Å²) in [6.45, 7) is 5.06. The highest BCUT2D eigenvalue weighted by Crippen LogP contribution is 2.26. The van der Waals surface area contributed by atoms with Gasteiger partial charge in [-0.05, 0) is 37.3 Å². The van der Waals surface area contributed by atoms with Crippen LogP contribution in [0.4, 0.5) is 10.5 Å². The Kier molecular flexibility index (Phi) is 4.61. The van der Waals surface area contributed by atoms with Crippen molar-refractivity contribution in [1.29, 1.82) is 0 Å². The third-order valence-corrected chi connectivity index (χ3v) is 5.35. The molecule has 0 radical (unpaired) electrons. The third kappa shape index (κ3) is 3.95. The van der Waals surface area contributed by atoms with Crippen LogP contribution in [0.2, 0.25) is 0 Å². The molecule has 2 fully saturated rings. The number of anilines is 1. The maximum atomic E-state index is 12.3. The van der Waals surface area contributed by atoms with E-state index in [1.54, 1.807) is 0 Å². The van der Waals surface area contributed by atoms with Gasteiger partial charge in [0.15, 0.2) is 11.5 Å². The van der Waals surface area contributed by atoms with E-state index in [0.717, 1.165) is 36.6 Å². The van der Waals surface area contributed by atoms with Crippen molar-refractivity contribution in [2.45, 2.75) is 45.1 Å². The highest BCUT2D eigenvalue weighted by Gasteiger charge is 2.26. The van der Waals surface area contributed by atoms with E-state index < -0.39 is 0 Å². The molecule has 2 heterocycles. The molecule has 1 aromatic carbocycles. The molecule has 2 aliphatic rings. The molecule has 1 aliphatic carbocycles. The first-order valence-electron chi connectivity index (χ1n) is 9.33. The standard InChI is InChI=1S/C19H26N4O2/c1-13-20-17-7-6-15(10-18(17)25-13)21-19(24)22-16-8-9-23(12-16)11-14-4-2-3-5-14/h6-7,10,14,16H,2-5,8-9,11-12H2,1H3,(H2,21,22,24)/t16-/m0/s1. The van der Waals surface area contributed by atoms with Gasteiger partial charge < -0.3 is 20.0 Å². The van der Waals surface area contributed by atoms with Gasteiger partial charge in [-0.15, -0.1) is 0 Å². The van der Waals surface area contributed by atoms with Crippen LogP contribution in [0.1, 0.15) is 38.0 Å². The lowest BCUT2D eigenvalue weighted by Crippen LogP contribution is -2.40. The molecular weight excluding hydrogens is 316 g/mol. The number of hydrogen-bond donors (Lipinski definition) is 2. The van der Waals surface area contributed by atoms with Gasteiger partial charge in [-0.25, -0.2) is 9.78 Å². The van der Waals surface area contributed by atoms with Gasteiger partial charge in [-0.3, -0.25) is 0 Å². The second-order valence-electron chi connectivity index (χ2n) is 7.41. The maximum absolute atomic E-state index is 12.3. The largest absolute Gasteiger partial charge is 0.441 e. The van der Waals surface area contributed by atoms with Gasteiger partial charge in [0.1, 0.15) is 5.52 Å². The van der Waals surface area contributed by atoms with Gasteiger partial charge in [-0.1, -0.05) is 12.8 Å². The number of amides is 2. The monoisotopic (exact) mass is 342 g/mol. The number of rotatable bonds is 4. The lowest BCUT2D eigenvalue weighted by molar-refractivity contribution is 0.245. The molecule has 2 amide bonds. The zero-order chi connectivity index (χ0) is 17.2. The summed E-state index contributed by atoms with van der Waals surface area (Å²) in [5, 5.41) is 6.00.